The third-order valence-electron chi connectivity index (χ3n) is 4.18. The van der Waals surface area contributed by atoms with Gasteiger partial charge in [-0.15, -0.1) is 29.8 Å². The van der Waals surface area contributed by atoms with E-state index in [2.05, 4.69) is 35.9 Å². The van der Waals surface area contributed by atoms with Crippen LogP contribution in [0.1, 0.15) is 11.3 Å². The summed E-state index contributed by atoms with van der Waals surface area (Å²) in [5, 5.41) is 18.4. The molecule has 0 aliphatic carbocycles. The van der Waals surface area contributed by atoms with Gasteiger partial charge in [0.2, 0.25) is 18.1 Å². The largest absolute Gasteiger partial charge is 0.495 e. The van der Waals surface area contributed by atoms with E-state index in [0.717, 1.165) is 29.2 Å². The number of aromatic amines is 1. The van der Waals surface area contributed by atoms with E-state index in [9.17, 15) is 0 Å². The summed E-state index contributed by atoms with van der Waals surface area (Å²) < 4.78 is 5.21. The number of hydrogen-bond acceptors (Lipinski definition) is 6. The SMILES string of the molecule is CNC(N)=Nc1nc(CCSCCNC(=NC#N)NCC=Cc2ccc(Cl)c(OC)c2)c[nH]1.Cl.Cl. The topological polar surface area (TPSA) is 149 Å². The zero-order valence-electron chi connectivity index (χ0n) is 19.4. The van der Waals surface area contributed by atoms with E-state index in [0.29, 0.717) is 41.7 Å². The molecule has 35 heavy (non-hydrogen) atoms. The number of thioether (sulfide) groups is 1. The molecule has 6 N–H and O–H groups in total. The number of nitrogens with two attached hydrogens (primary N) is 1. The molecular weight excluding hydrogens is 533 g/mol. The molecule has 14 heteroatoms. The highest BCUT2D eigenvalue weighted by molar-refractivity contribution is 7.99. The number of ether oxygens (including phenoxy) is 1. The number of nitrogens with zero attached hydrogens (tertiary/aromatic N) is 4. The van der Waals surface area contributed by atoms with Crippen molar-refractivity contribution in [3.63, 3.8) is 0 Å². The van der Waals surface area contributed by atoms with Crippen LogP contribution in [0.4, 0.5) is 5.95 Å². The molecule has 192 valence electrons. The number of rotatable bonds is 11. The van der Waals surface area contributed by atoms with E-state index in [-0.39, 0.29) is 24.8 Å². The molecule has 0 spiro atoms. The highest BCUT2D eigenvalue weighted by Crippen LogP contribution is 2.25. The van der Waals surface area contributed by atoms with Gasteiger partial charge in [0.1, 0.15) is 5.75 Å². The second-order valence-electron chi connectivity index (χ2n) is 6.49. The lowest BCUT2D eigenvalue weighted by atomic mass is 10.2. The molecule has 0 radical (unpaired) electrons. The first-order valence-electron chi connectivity index (χ1n) is 10.1. The molecule has 0 amide bonds. The molecule has 0 aliphatic heterocycles. The number of nitriles is 1. The van der Waals surface area contributed by atoms with Gasteiger partial charge in [-0.25, -0.2) is 4.98 Å². The number of methoxy groups -OCH3 is 1. The number of H-pyrrole nitrogens is 1. The number of imidazole rings is 1. The molecule has 0 aliphatic rings. The van der Waals surface area contributed by atoms with Crippen LogP contribution in [0, 0.1) is 11.5 Å². The summed E-state index contributed by atoms with van der Waals surface area (Å²) in [5.41, 5.74) is 7.50. The van der Waals surface area contributed by atoms with Gasteiger partial charge in [0.05, 0.1) is 17.8 Å². The molecule has 1 aromatic heterocycles. The summed E-state index contributed by atoms with van der Waals surface area (Å²) in [6.07, 6.45) is 8.31. The second kappa shape index (κ2) is 18.5. The van der Waals surface area contributed by atoms with Crippen molar-refractivity contribution >= 4 is 72.1 Å². The fourth-order valence-electron chi connectivity index (χ4n) is 2.55. The monoisotopic (exact) mass is 561 g/mol. The Morgan fingerprint density at radius 2 is 2.14 bits per heavy atom. The molecule has 0 bridgehead atoms. The molecule has 2 aromatic rings. The number of halogens is 3. The Hall–Kier alpha value is -2.78. The minimum atomic E-state index is 0. The first kappa shape index (κ1) is 32.2. The van der Waals surface area contributed by atoms with Crippen LogP contribution in [0.3, 0.4) is 0 Å². The maximum Gasteiger partial charge on any atom is 0.230 e. The molecule has 0 atom stereocenters. The average Bonchev–Trinajstić information content (AvgIpc) is 3.26. The van der Waals surface area contributed by atoms with E-state index in [1.54, 1.807) is 38.2 Å². The van der Waals surface area contributed by atoms with E-state index in [1.165, 1.54) is 0 Å². The maximum atomic E-state index is 8.90. The van der Waals surface area contributed by atoms with E-state index in [1.807, 2.05) is 30.5 Å². The van der Waals surface area contributed by atoms with Gasteiger partial charge in [-0.2, -0.15) is 22.0 Å². The van der Waals surface area contributed by atoms with Gasteiger partial charge in [-0.05, 0) is 23.4 Å². The maximum absolute atomic E-state index is 8.90. The molecular formula is C21H30Cl3N9OS. The summed E-state index contributed by atoms with van der Waals surface area (Å²) in [4.78, 5) is 15.2. The Morgan fingerprint density at radius 1 is 1.34 bits per heavy atom. The molecule has 0 unspecified atom stereocenters. The average molecular weight is 563 g/mol. The van der Waals surface area contributed by atoms with Gasteiger partial charge in [0.15, 0.2) is 5.96 Å². The zero-order chi connectivity index (χ0) is 23.9. The van der Waals surface area contributed by atoms with Gasteiger partial charge >= 0.3 is 0 Å². The molecule has 2 rings (SSSR count). The fourth-order valence-corrected chi connectivity index (χ4v) is 3.55. The molecule has 1 heterocycles. The Labute approximate surface area is 227 Å². The van der Waals surface area contributed by atoms with Crippen LogP contribution in [0.25, 0.3) is 6.08 Å². The van der Waals surface area contributed by atoms with Crippen LogP contribution in [-0.2, 0) is 6.42 Å². The van der Waals surface area contributed by atoms with Crippen molar-refractivity contribution in [3.05, 3.63) is 46.8 Å². The number of guanidine groups is 2. The first-order chi connectivity index (χ1) is 16.0. The fraction of sp³-hybridized carbons (Fsp3) is 0.333. The lowest BCUT2D eigenvalue weighted by Crippen LogP contribution is -2.38. The lowest BCUT2D eigenvalue weighted by molar-refractivity contribution is 0.415. The summed E-state index contributed by atoms with van der Waals surface area (Å²) in [6, 6.07) is 5.54. The van der Waals surface area contributed by atoms with Crippen LogP contribution in [0.5, 0.6) is 5.75 Å². The van der Waals surface area contributed by atoms with Crippen molar-refractivity contribution in [1.82, 2.24) is 25.9 Å². The number of hydrogen-bond donors (Lipinski definition) is 5. The highest BCUT2D eigenvalue weighted by atomic mass is 35.5. The Bertz CT molecular complexity index is 1020. The normalized spacial score (nSPS) is 11.3. The molecule has 0 saturated carbocycles. The zero-order valence-corrected chi connectivity index (χ0v) is 22.6. The Balaban J connectivity index is 0.00000578. The number of aliphatic imine (C=N–C) groups is 2. The summed E-state index contributed by atoms with van der Waals surface area (Å²) in [5.74, 6) is 3.61. The predicted molar refractivity (Wildman–Crippen MR) is 151 cm³/mol. The van der Waals surface area contributed by atoms with Gasteiger partial charge < -0.3 is 31.4 Å². The molecule has 10 nitrogen and oxygen atoms in total. The summed E-state index contributed by atoms with van der Waals surface area (Å²) >= 11 is 7.81. The van der Waals surface area contributed by atoms with Crippen LogP contribution in [0.2, 0.25) is 5.02 Å². The Kier molecular flexibility index (Phi) is 17.1. The third kappa shape index (κ3) is 12.5. The molecule has 1 aromatic carbocycles. The van der Waals surface area contributed by atoms with Crippen molar-refractivity contribution in [2.75, 3.05) is 38.8 Å². The highest BCUT2D eigenvalue weighted by Gasteiger charge is 2.02. The molecule has 0 saturated heterocycles. The summed E-state index contributed by atoms with van der Waals surface area (Å²) in [7, 11) is 3.28. The van der Waals surface area contributed by atoms with Crippen LogP contribution >= 0.6 is 48.2 Å². The lowest BCUT2D eigenvalue weighted by Gasteiger charge is -2.09. The second-order valence-corrected chi connectivity index (χ2v) is 8.12. The first-order valence-corrected chi connectivity index (χ1v) is 11.7. The van der Waals surface area contributed by atoms with Crippen molar-refractivity contribution < 1.29 is 4.74 Å². The van der Waals surface area contributed by atoms with Crippen LogP contribution < -0.4 is 26.4 Å². The minimum Gasteiger partial charge on any atom is -0.495 e. The predicted octanol–water partition coefficient (Wildman–Crippen LogP) is 3.09. The number of nitrogens with one attached hydrogen (secondary N) is 4. The third-order valence-corrected chi connectivity index (χ3v) is 5.47. The van der Waals surface area contributed by atoms with Crippen LogP contribution in [0.15, 0.2) is 40.5 Å². The summed E-state index contributed by atoms with van der Waals surface area (Å²) in [6.45, 7) is 1.18. The van der Waals surface area contributed by atoms with Crippen LogP contribution in [-0.4, -0.2) is 60.6 Å². The number of aryl methyl sites for hydroxylation is 1. The van der Waals surface area contributed by atoms with E-state index < -0.39 is 0 Å². The number of benzene rings is 1. The quantitative estimate of drug-likeness (QED) is 0.121. The van der Waals surface area contributed by atoms with E-state index >= 15 is 0 Å². The van der Waals surface area contributed by atoms with Crippen molar-refractivity contribution in [1.29, 1.82) is 5.26 Å². The van der Waals surface area contributed by atoms with Gasteiger partial charge in [0.25, 0.3) is 0 Å². The standard InChI is InChI=1S/C21H28ClN9OS.2ClH/c1-25-19(24)31-21-28-13-16(30-21)7-10-33-11-9-27-20(29-14-23)26-8-3-4-15-5-6-17(22)18(12-15)32-2;;/h3-6,12-13H,7-11H2,1-2H3,(H2,26,27,29)(H4,24,25,28,30,31);2*1H. The van der Waals surface area contributed by atoms with E-state index in [4.69, 9.17) is 27.3 Å². The van der Waals surface area contributed by atoms with Crippen molar-refractivity contribution in [2.45, 2.75) is 6.42 Å². The van der Waals surface area contributed by atoms with Crippen molar-refractivity contribution in [2.24, 2.45) is 15.7 Å². The van der Waals surface area contributed by atoms with Gasteiger partial charge in [-0.1, -0.05) is 29.8 Å². The van der Waals surface area contributed by atoms with Gasteiger partial charge in [-0.3, -0.25) is 0 Å². The van der Waals surface area contributed by atoms with Gasteiger partial charge in [0, 0.05) is 38.5 Å². The number of aromatic nitrogens is 2. The smallest absolute Gasteiger partial charge is 0.230 e. The Morgan fingerprint density at radius 3 is 2.86 bits per heavy atom. The molecule has 0 fully saturated rings. The minimum absolute atomic E-state index is 0. The van der Waals surface area contributed by atoms with Crippen molar-refractivity contribution in [3.8, 4) is 11.9 Å².